The predicted octanol–water partition coefficient (Wildman–Crippen LogP) is 0.813. The number of hydrogen-bond donors (Lipinski definition) is 3. The minimum atomic E-state index is -1.16. The molecule has 0 aliphatic heterocycles. The quantitative estimate of drug-likeness (QED) is 0.633. The third kappa shape index (κ3) is 5.36. The van der Waals surface area contributed by atoms with Crippen molar-refractivity contribution in [1.82, 2.24) is 14.9 Å². The number of nitrogens with zero attached hydrogens (tertiary/aromatic N) is 3. The van der Waals surface area contributed by atoms with Crippen molar-refractivity contribution in [2.75, 3.05) is 13.1 Å². The van der Waals surface area contributed by atoms with Gasteiger partial charge in [0.1, 0.15) is 5.69 Å². The maximum atomic E-state index is 11.0. The molecule has 0 fully saturated rings. The second-order valence-corrected chi connectivity index (χ2v) is 5.16. The van der Waals surface area contributed by atoms with Gasteiger partial charge in [-0.2, -0.15) is 0 Å². The Morgan fingerprint density at radius 3 is 1.96 bits per heavy atom. The highest BCUT2D eigenvalue weighted by molar-refractivity contribution is 5.85. The van der Waals surface area contributed by atoms with Gasteiger partial charge in [0.15, 0.2) is 0 Å². The number of carboxylic acid groups (broad SMARTS) is 3. The fourth-order valence-electron chi connectivity index (χ4n) is 2.19. The first-order chi connectivity index (χ1) is 11.8. The van der Waals surface area contributed by atoms with Gasteiger partial charge in [-0.05, 0) is 24.3 Å². The summed E-state index contributed by atoms with van der Waals surface area (Å²) in [5, 5.41) is 26.7. The summed E-state index contributed by atoms with van der Waals surface area (Å²) in [4.78, 5) is 42.2. The highest BCUT2D eigenvalue weighted by Gasteiger charge is 2.15. The summed E-state index contributed by atoms with van der Waals surface area (Å²) in [5.41, 5.74) is 1.08. The van der Waals surface area contributed by atoms with Crippen molar-refractivity contribution in [2.45, 2.75) is 6.54 Å². The fourth-order valence-corrected chi connectivity index (χ4v) is 2.19. The van der Waals surface area contributed by atoms with Gasteiger partial charge in [0.05, 0.1) is 30.2 Å². The van der Waals surface area contributed by atoms with Crippen LogP contribution in [0.5, 0.6) is 0 Å². The maximum absolute atomic E-state index is 11.0. The number of rotatable bonds is 8. The fraction of sp³-hybridized carbons (Fsp3) is 0.188. The molecular weight excluding hydrogens is 330 g/mol. The molecule has 2 aromatic heterocycles. The highest BCUT2D eigenvalue weighted by atomic mass is 16.4. The molecule has 0 atom stereocenters. The van der Waals surface area contributed by atoms with E-state index in [0.717, 1.165) is 0 Å². The Morgan fingerprint density at radius 1 is 0.840 bits per heavy atom. The molecule has 0 spiro atoms. The van der Waals surface area contributed by atoms with Crippen LogP contribution in [0.3, 0.4) is 0 Å². The lowest BCUT2D eigenvalue weighted by Crippen LogP contribution is -2.34. The van der Waals surface area contributed by atoms with Gasteiger partial charge in [-0.1, -0.05) is 12.1 Å². The molecule has 0 saturated carbocycles. The van der Waals surface area contributed by atoms with Crippen LogP contribution in [-0.2, 0) is 16.1 Å². The van der Waals surface area contributed by atoms with Crippen molar-refractivity contribution in [3.05, 3.63) is 47.8 Å². The molecule has 0 radical (unpaired) electrons. The minimum Gasteiger partial charge on any atom is -0.480 e. The summed E-state index contributed by atoms with van der Waals surface area (Å²) in [6.07, 6.45) is 0. The van der Waals surface area contributed by atoms with Crippen LogP contribution >= 0.6 is 0 Å². The second kappa shape index (κ2) is 7.97. The van der Waals surface area contributed by atoms with Crippen molar-refractivity contribution < 1.29 is 29.7 Å². The van der Waals surface area contributed by atoms with Crippen LogP contribution in [0.25, 0.3) is 11.4 Å². The summed E-state index contributed by atoms with van der Waals surface area (Å²) in [7, 11) is 0. The summed E-state index contributed by atoms with van der Waals surface area (Å²) in [5.74, 6) is -3.45. The van der Waals surface area contributed by atoms with E-state index >= 15 is 0 Å². The van der Waals surface area contributed by atoms with Crippen LogP contribution in [0.4, 0.5) is 0 Å². The maximum Gasteiger partial charge on any atom is 0.354 e. The SMILES string of the molecule is O=C(O)CN(CC(=O)O)Cc1cccc(-c2cccc(C(=O)O)n2)n1. The largest absolute Gasteiger partial charge is 0.480 e. The first kappa shape index (κ1) is 18.0. The topological polar surface area (TPSA) is 141 Å². The van der Waals surface area contributed by atoms with E-state index in [1.165, 1.54) is 11.0 Å². The number of aromatic nitrogens is 2. The van der Waals surface area contributed by atoms with E-state index in [-0.39, 0.29) is 12.2 Å². The molecule has 9 heteroatoms. The van der Waals surface area contributed by atoms with Crippen molar-refractivity contribution in [1.29, 1.82) is 0 Å². The second-order valence-electron chi connectivity index (χ2n) is 5.16. The van der Waals surface area contributed by atoms with Gasteiger partial charge in [0.25, 0.3) is 0 Å². The van der Waals surface area contributed by atoms with Crippen molar-refractivity contribution in [3.8, 4) is 11.4 Å². The van der Waals surface area contributed by atoms with Crippen LogP contribution in [0.2, 0.25) is 0 Å². The Balaban J connectivity index is 2.25. The van der Waals surface area contributed by atoms with Crippen molar-refractivity contribution >= 4 is 17.9 Å². The lowest BCUT2D eigenvalue weighted by atomic mass is 10.2. The van der Waals surface area contributed by atoms with Crippen LogP contribution < -0.4 is 0 Å². The highest BCUT2D eigenvalue weighted by Crippen LogP contribution is 2.16. The van der Waals surface area contributed by atoms with Crippen LogP contribution in [0, 0.1) is 0 Å². The molecule has 0 bridgehead atoms. The average molecular weight is 345 g/mol. The summed E-state index contributed by atoms with van der Waals surface area (Å²) >= 11 is 0. The third-order valence-electron chi connectivity index (χ3n) is 3.14. The predicted molar refractivity (Wildman–Crippen MR) is 85.0 cm³/mol. The molecule has 0 aliphatic carbocycles. The normalized spacial score (nSPS) is 10.6. The van der Waals surface area contributed by atoms with Gasteiger partial charge >= 0.3 is 17.9 Å². The molecule has 2 rings (SSSR count). The van der Waals surface area contributed by atoms with E-state index in [9.17, 15) is 14.4 Å². The molecule has 0 saturated heterocycles. The zero-order valence-electron chi connectivity index (χ0n) is 13.0. The van der Waals surface area contributed by atoms with Gasteiger partial charge in [-0.25, -0.2) is 14.8 Å². The standard InChI is InChI=1S/C16H15N3O6/c20-14(21)8-19(9-15(22)23)7-10-3-1-4-11(17-10)12-5-2-6-13(18-12)16(24)25/h1-6H,7-9H2,(H,20,21)(H,22,23)(H,24,25). The molecule has 0 unspecified atom stereocenters. The number of carboxylic acids is 3. The van der Waals surface area contributed by atoms with E-state index in [1.54, 1.807) is 30.3 Å². The van der Waals surface area contributed by atoms with Gasteiger partial charge < -0.3 is 15.3 Å². The molecule has 25 heavy (non-hydrogen) atoms. The first-order valence-electron chi connectivity index (χ1n) is 7.17. The molecule has 3 N–H and O–H groups in total. The number of hydrogen-bond acceptors (Lipinski definition) is 6. The first-order valence-corrected chi connectivity index (χ1v) is 7.17. The molecule has 9 nitrogen and oxygen atoms in total. The number of aliphatic carboxylic acids is 2. The van der Waals surface area contributed by atoms with Gasteiger partial charge in [0.2, 0.25) is 0 Å². The average Bonchev–Trinajstić information content (AvgIpc) is 2.54. The lowest BCUT2D eigenvalue weighted by molar-refractivity contribution is -0.142. The Labute approximate surface area is 142 Å². The Hall–Kier alpha value is -3.33. The van der Waals surface area contributed by atoms with E-state index < -0.39 is 31.0 Å². The zero-order chi connectivity index (χ0) is 18.4. The monoisotopic (exact) mass is 345 g/mol. The number of pyridine rings is 2. The summed E-state index contributed by atoms with van der Waals surface area (Å²) in [6, 6.07) is 9.42. The smallest absolute Gasteiger partial charge is 0.354 e. The molecule has 0 amide bonds. The molecule has 130 valence electrons. The number of carbonyl (C=O) groups is 3. The minimum absolute atomic E-state index is 0.0189. The Kier molecular flexibility index (Phi) is 5.75. The van der Waals surface area contributed by atoms with Crippen molar-refractivity contribution in [3.63, 3.8) is 0 Å². The van der Waals surface area contributed by atoms with E-state index in [0.29, 0.717) is 17.1 Å². The summed E-state index contributed by atoms with van der Waals surface area (Å²) < 4.78 is 0. The Bertz CT molecular complexity index is 792. The van der Waals surface area contributed by atoms with E-state index in [4.69, 9.17) is 15.3 Å². The third-order valence-corrected chi connectivity index (χ3v) is 3.14. The summed E-state index contributed by atoms with van der Waals surface area (Å²) in [6.45, 7) is -0.860. The Morgan fingerprint density at radius 2 is 1.40 bits per heavy atom. The zero-order valence-corrected chi connectivity index (χ0v) is 13.0. The van der Waals surface area contributed by atoms with Crippen LogP contribution in [-0.4, -0.2) is 61.2 Å². The molecule has 0 aromatic carbocycles. The number of aromatic carboxylic acids is 1. The van der Waals surface area contributed by atoms with Gasteiger partial charge in [-0.15, -0.1) is 0 Å². The lowest BCUT2D eigenvalue weighted by Gasteiger charge is -2.17. The van der Waals surface area contributed by atoms with Gasteiger partial charge in [-0.3, -0.25) is 14.5 Å². The van der Waals surface area contributed by atoms with Crippen LogP contribution in [0.15, 0.2) is 36.4 Å². The molecule has 2 aromatic rings. The van der Waals surface area contributed by atoms with E-state index in [1.807, 2.05) is 0 Å². The molecule has 2 heterocycles. The van der Waals surface area contributed by atoms with Crippen LogP contribution in [0.1, 0.15) is 16.2 Å². The van der Waals surface area contributed by atoms with E-state index in [2.05, 4.69) is 9.97 Å². The molecule has 0 aliphatic rings. The molecular formula is C16H15N3O6. The van der Waals surface area contributed by atoms with Crippen molar-refractivity contribution in [2.24, 2.45) is 0 Å². The van der Waals surface area contributed by atoms with Gasteiger partial charge in [0, 0.05) is 6.54 Å².